The van der Waals surface area contributed by atoms with Gasteiger partial charge >= 0.3 is 5.97 Å². The summed E-state index contributed by atoms with van der Waals surface area (Å²) in [6, 6.07) is 16.1. The molecule has 2 aromatic carbocycles. The van der Waals surface area contributed by atoms with Crippen LogP contribution in [0.1, 0.15) is 41.7 Å². The topological polar surface area (TPSA) is 78.9 Å². The third-order valence-corrected chi connectivity index (χ3v) is 6.21. The number of rotatable bonds is 8. The molecule has 1 saturated heterocycles. The second-order valence-electron chi connectivity index (χ2n) is 8.32. The van der Waals surface area contributed by atoms with Gasteiger partial charge in [0.25, 0.3) is 0 Å². The molecule has 1 saturated carbocycles. The van der Waals surface area contributed by atoms with Gasteiger partial charge in [0.05, 0.1) is 17.6 Å². The third kappa shape index (κ3) is 4.82. The number of carbonyl (C=O) groups is 2. The van der Waals surface area contributed by atoms with Crippen molar-refractivity contribution in [1.82, 2.24) is 10.2 Å². The van der Waals surface area contributed by atoms with E-state index in [-0.39, 0.29) is 23.6 Å². The minimum absolute atomic E-state index is 0.0369. The highest BCUT2D eigenvalue weighted by molar-refractivity contribution is 5.87. The molecule has 30 heavy (non-hydrogen) atoms. The van der Waals surface area contributed by atoms with E-state index in [9.17, 15) is 9.59 Å². The second-order valence-corrected chi connectivity index (χ2v) is 8.32. The molecule has 0 bridgehead atoms. The van der Waals surface area contributed by atoms with Gasteiger partial charge in [0, 0.05) is 13.1 Å². The Kier molecular flexibility index (Phi) is 6.04. The van der Waals surface area contributed by atoms with E-state index in [4.69, 9.17) is 9.84 Å². The first-order valence-corrected chi connectivity index (χ1v) is 10.6. The summed E-state index contributed by atoms with van der Waals surface area (Å²) in [6.45, 7) is 4.15. The minimum Gasteiger partial charge on any atom is -0.492 e. The Morgan fingerprint density at radius 2 is 1.83 bits per heavy atom. The fraction of sp³-hybridized carbons (Fsp3) is 0.417. The number of fused-ring (bicyclic) bond motifs is 1. The van der Waals surface area contributed by atoms with Crippen LogP contribution in [-0.2, 0) is 4.79 Å². The van der Waals surface area contributed by atoms with Gasteiger partial charge in [0.15, 0.2) is 0 Å². The van der Waals surface area contributed by atoms with E-state index in [2.05, 4.69) is 10.2 Å². The maximum atomic E-state index is 13.1. The van der Waals surface area contributed by atoms with Gasteiger partial charge in [-0.25, -0.2) is 4.79 Å². The molecule has 2 N–H and O–H groups in total. The zero-order valence-electron chi connectivity index (χ0n) is 17.2. The van der Waals surface area contributed by atoms with E-state index in [1.807, 2.05) is 37.3 Å². The lowest BCUT2D eigenvalue weighted by atomic mass is 10.00. The molecule has 6 nitrogen and oxygen atoms in total. The van der Waals surface area contributed by atoms with Crippen molar-refractivity contribution in [3.8, 4) is 5.75 Å². The molecule has 1 aliphatic heterocycles. The SMILES string of the molecule is C[C@H](NC(=O)[C@H]1C[C@@H]2C[C@@H]2CN1CCOc1ccccc1)c1ccc(C(=O)O)cc1. The number of carbonyl (C=O) groups excluding carboxylic acids is 1. The minimum atomic E-state index is -0.951. The lowest BCUT2D eigenvalue weighted by Gasteiger charge is -2.35. The average Bonchev–Trinajstić information content (AvgIpc) is 3.52. The smallest absolute Gasteiger partial charge is 0.335 e. The number of aromatic carboxylic acids is 1. The van der Waals surface area contributed by atoms with E-state index in [0.717, 1.165) is 30.8 Å². The number of benzene rings is 2. The summed E-state index contributed by atoms with van der Waals surface area (Å²) < 4.78 is 5.85. The molecule has 4 rings (SSSR count). The highest BCUT2D eigenvalue weighted by Crippen LogP contribution is 2.47. The number of hydrogen-bond donors (Lipinski definition) is 2. The van der Waals surface area contributed by atoms with Gasteiger partial charge in [0.2, 0.25) is 5.91 Å². The van der Waals surface area contributed by atoms with Crippen LogP contribution in [0.5, 0.6) is 5.75 Å². The molecule has 2 aromatic rings. The molecule has 0 aromatic heterocycles. The van der Waals surface area contributed by atoms with Crippen LogP contribution in [0, 0.1) is 11.8 Å². The molecular formula is C24H28N2O4. The Bertz CT molecular complexity index is 884. The van der Waals surface area contributed by atoms with E-state index in [0.29, 0.717) is 18.4 Å². The predicted molar refractivity (Wildman–Crippen MR) is 113 cm³/mol. The highest BCUT2D eigenvalue weighted by Gasteiger charge is 2.47. The first kappa shape index (κ1) is 20.4. The van der Waals surface area contributed by atoms with Crippen molar-refractivity contribution in [2.45, 2.75) is 31.8 Å². The highest BCUT2D eigenvalue weighted by atomic mass is 16.5. The monoisotopic (exact) mass is 408 g/mol. The Morgan fingerprint density at radius 3 is 2.53 bits per heavy atom. The molecule has 2 fully saturated rings. The fourth-order valence-electron chi connectivity index (χ4n) is 4.31. The molecule has 1 heterocycles. The summed E-state index contributed by atoms with van der Waals surface area (Å²) in [7, 11) is 0. The first-order valence-electron chi connectivity index (χ1n) is 10.6. The second kappa shape index (κ2) is 8.88. The van der Waals surface area contributed by atoms with Crippen LogP contribution in [0.2, 0.25) is 0 Å². The van der Waals surface area contributed by atoms with Gasteiger partial charge in [-0.05, 0) is 61.4 Å². The molecule has 2 aliphatic rings. The summed E-state index contributed by atoms with van der Waals surface area (Å²) in [5, 5.41) is 12.2. The zero-order valence-corrected chi connectivity index (χ0v) is 17.2. The number of hydrogen-bond acceptors (Lipinski definition) is 4. The van der Waals surface area contributed by atoms with E-state index in [1.165, 1.54) is 6.42 Å². The number of ether oxygens (including phenoxy) is 1. The van der Waals surface area contributed by atoms with Gasteiger partial charge < -0.3 is 15.2 Å². The van der Waals surface area contributed by atoms with Crippen molar-refractivity contribution in [3.05, 3.63) is 65.7 Å². The van der Waals surface area contributed by atoms with Crippen molar-refractivity contribution in [2.75, 3.05) is 19.7 Å². The zero-order chi connectivity index (χ0) is 21.1. The number of nitrogens with one attached hydrogen (secondary N) is 1. The molecule has 4 atom stereocenters. The summed E-state index contributed by atoms with van der Waals surface area (Å²) in [6.07, 6.45) is 2.11. The number of nitrogens with zero attached hydrogens (tertiary/aromatic N) is 1. The van der Waals surface area contributed by atoms with Crippen molar-refractivity contribution in [1.29, 1.82) is 0 Å². The summed E-state index contributed by atoms with van der Waals surface area (Å²) in [4.78, 5) is 26.4. The van der Waals surface area contributed by atoms with E-state index in [1.54, 1.807) is 24.3 Å². The lowest BCUT2D eigenvalue weighted by Crippen LogP contribution is -2.51. The van der Waals surface area contributed by atoms with Crippen LogP contribution in [0.25, 0.3) is 0 Å². The molecule has 0 radical (unpaired) electrons. The lowest BCUT2D eigenvalue weighted by molar-refractivity contribution is -0.128. The van der Waals surface area contributed by atoms with Gasteiger partial charge in [-0.2, -0.15) is 0 Å². The largest absolute Gasteiger partial charge is 0.492 e. The Hall–Kier alpha value is -2.86. The van der Waals surface area contributed by atoms with Gasteiger partial charge in [0.1, 0.15) is 12.4 Å². The Labute approximate surface area is 176 Å². The average molecular weight is 408 g/mol. The van der Waals surface area contributed by atoms with E-state index >= 15 is 0 Å². The number of para-hydroxylation sites is 1. The third-order valence-electron chi connectivity index (χ3n) is 6.21. The van der Waals surface area contributed by atoms with Crippen LogP contribution in [0.3, 0.4) is 0 Å². The maximum Gasteiger partial charge on any atom is 0.335 e. The van der Waals surface area contributed by atoms with Crippen LogP contribution >= 0.6 is 0 Å². The number of carboxylic acid groups (broad SMARTS) is 1. The molecule has 0 unspecified atom stereocenters. The normalized spacial score (nSPS) is 23.8. The number of piperidine rings is 1. The quantitative estimate of drug-likeness (QED) is 0.700. The summed E-state index contributed by atoms with van der Waals surface area (Å²) >= 11 is 0. The first-order chi connectivity index (χ1) is 14.5. The molecule has 158 valence electrons. The van der Waals surface area contributed by atoms with Gasteiger partial charge in [-0.1, -0.05) is 30.3 Å². The Morgan fingerprint density at radius 1 is 1.10 bits per heavy atom. The number of likely N-dealkylation sites (tertiary alicyclic amines) is 1. The summed E-state index contributed by atoms with van der Waals surface area (Å²) in [5.41, 5.74) is 1.14. The van der Waals surface area contributed by atoms with Crippen LogP contribution in [0.15, 0.2) is 54.6 Å². The van der Waals surface area contributed by atoms with Crippen molar-refractivity contribution >= 4 is 11.9 Å². The van der Waals surface area contributed by atoms with Crippen LogP contribution in [0.4, 0.5) is 0 Å². The molecule has 1 amide bonds. The number of carboxylic acids is 1. The fourth-order valence-corrected chi connectivity index (χ4v) is 4.31. The molecular weight excluding hydrogens is 380 g/mol. The van der Waals surface area contributed by atoms with Gasteiger partial charge in [-0.3, -0.25) is 9.69 Å². The standard InChI is InChI=1S/C24H28N2O4/c1-16(17-7-9-18(10-8-17)24(28)29)25-23(27)22-14-19-13-20(19)15-26(22)11-12-30-21-5-3-2-4-6-21/h2-10,16,19-20,22H,11-15H2,1H3,(H,25,27)(H,28,29)/t16-,19-,20+,22+/m0/s1. The van der Waals surface area contributed by atoms with Crippen molar-refractivity contribution in [2.24, 2.45) is 11.8 Å². The van der Waals surface area contributed by atoms with Crippen LogP contribution in [-0.4, -0.2) is 47.6 Å². The summed E-state index contributed by atoms with van der Waals surface area (Å²) in [5.74, 6) is 1.31. The maximum absolute atomic E-state index is 13.1. The van der Waals surface area contributed by atoms with Gasteiger partial charge in [-0.15, -0.1) is 0 Å². The predicted octanol–water partition coefficient (Wildman–Crippen LogP) is 3.35. The Balaban J connectivity index is 1.34. The van der Waals surface area contributed by atoms with Crippen molar-refractivity contribution < 1.29 is 19.4 Å². The van der Waals surface area contributed by atoms with Crippen LogP contribution < -0.4 is 10.1 Å². The molecule has 0 spiro atoms. The molecule has 6 heteroatoms. The van der Waals surface area contributed by atoms with E-state index < -0.39 is 5.97 Å². The number of amides is 1. The van der Waals surface area contributed by atoms with Crippen molar-refractivity contribution in [3.63, 3.8) is 0 Å². The molecule has 1 aliphatic carbocycles.